The zero-order chi connectivity index (χ0) is 15.1. The number of furan rings is 1. The van der Waals surface area contributed by atoms with Crippen LogP contribution in [0.15, 0.2) is 47.1 Å². The van der Waals surface area contributed by atoms with Crippen LogP contribution in [0.4, 0.5) is 5.69 Å². The first-order valence-corrected chi connectivity index (χ1v) is 6.43. The summed E-state index contributed by atoms with van der Waals surface area (Å²) in [7, 11) is 1.71. The van der Waals surface area contributed by atoms with E-state index >= 15 is 0 Å². The Kier molecular flexibility index (Phi) is 4.98. The molecule has 1 heterocycles. The summed E-state index contributed by atoms with van der Waals surface area (Å²) in [5, 5.41) is 5.49. The van der Waals surface area contributed by atoms with E-state index in [1.807, 2.05) is 0 Å². The average Bonchev–Trinajstić information content (AvgIpc) is 3.04. The van der Waals surface area contributed by atoms with E-state index in [-0.39, 0.29) is 19.1 Å². The van der Waals surface area contributed by atoms with E-state index in [9.17, 15) is 9.59 Å². The Morgan fingerprint density at radius 1 is 1.19 bits per heavy atom. The molecular weight excluding hydrogens is 272 g/mol. The highest BCUT2D eigenvalue weighted by atomic mass is 16.5. The number of esters is 1. The highest BCUT2D eigenvalue weighted by Crippen LogP contribution is 2.15. The van der Waals surface area contributed by atoms with Gasteiger partial charge in [0.2, 0.25) is 0 Å². The van der Waals surface area contributed by atoms with Crippen molar-refractivity contribution in [2.45, 2.75) is 6.54 Å². The maximum Gasteiger partial charge on any atom is 0.340 e. The fraction of sp³-hybridized carbons (Fsp3) is 0.200. The Hall–Kier alpha value is -2.76. The topological polar surface area (TPSA) is 80.6 Å². The molecule has 110 valence electrons. The van der Waals surface area contributed by atoms with Crippen LogP contribution in [-0.4, -0.2) is 25.5 Å². The van der Waals surface area contributed by atoms with E-state index in [1.165, 1.54) is 6.26 Å². The zero-order valence-electron chi connectivity index (χ0n) is 11.6. The summed E-state index contributed by atoms with van der Waals surface area (Å²) >= 11 is 0. The van der Waals surface area contributed by atoms with Crippen LogP contribution in [0, 0.1) is 0 Å². The lowest BCUT2D eigenvalue weighted by atomic mass is 10.2. The molecule has 0 spiro atoms. The van der Waals surface area contributed by atoms with Gasteiger partial charge in [-0.2, -0.15) is 0 Å². The van der Waals surface area contributed by atoms with Crippen LogP contribution in [0.1, 0.15) is 16.1 Å². The van der Waals surface area contributed by atoms with Gasteiger partial charge < -0.3 is 19.8 Å². The van der Waals surface area contributed by atoms with Crippen LogP contribution in [0.3, 0.4) is 0 Å². The van der Waals surface area contributed by atoms with Gasteiger partial charge in [0.1, 0.15) is 5.76 Å². The van der Waals surface area contributed by atoms with Gasteiger partial charge in [0.15, 0.2) is 6.61 Å². The molecule has 2 N–H and O–H groups in total. The molecule has 0 saturated carbocycles. The van der Waals surface area contributed by atoms with Crippen LogP contribution >= 0.6 is 0 Å². The Morgan fingerprint density at radius 2 is 2.00 bits per heavy atom. The van der Waals surface area contributed by atoms with Gasteiger partial charge in [0, 0.05) is 12.7 Å². The van der Waals surface area contributed by atoms with Gasteiger partial charge in [0.05, 0.1) is 18.4 Å². The van der Waals surface area contributed by atoms with Crippen LogP contribution in [-0.2, 0) is 16.1 Å². The number of rotatable bonds is 6. The predicted octanol–water partition coefficient (Wildman–Crippen LogP) is 1.79. The van der Waals surface area contributed by atoms with Crippen molar-refractivity contribution in [1.29, 1.82) is 0 Å². The van der Waals surface area contributed by atoms with Crippen molar-refractivity contribution in [3.63, 3.8) is 0 Å². The summed E-state index contributed by atoms with van der Waals surface area (Å²) < 4.78 is 10.1. The number of ether oxygens (including phenoxy) is 1. The molecule has 0 aliphatic heterocycles. The lowest BCUT2D eigenvalue weighted by Crippen LogP contribution is -2.28. The summed E-state index contributed by atoms with van der Waals surface area (Å²) in [5.41, 5.74) is 1.04. The van der Waals surface area contributed by atoms with Gasteiger partial charge in [-0.15, -0.1) is 0 Å². The molecule has 0 bridgehead atoms. The maximum absolute atomic E-state index is 11.9. The molecule has 0 atom stereocenters. The van der Waals surface area contributed by atoms with Crippen LogP contribution in [0.2, 0.25) is 0 Å². The first-order valence-electron chi connectivity index (χ1n) is 6.43. The third kappa shape index (κ3) is 4.10. The van der Waals surface area contributed by atoms with Crippen molar-refractivity contribution in [2.24, 2.45) is 0 Å². The minimum atomic E-state index is -0.548. The molecule has 6 heteroatoms. The number of amides is 1. The maximum atomic E-state index is 11.9. The molecule has 2 rings (SSSR count). The van der Waals surface area contributed by atoms with Gasteiger partial charge in [-0.25, -0.2) is 4.79 Å². The standard InChI is InChI=1S/C15H16N2O4/c1-16-13-7-3-2-6-12(13)15(19)21-10-14(18)17-9-11-5-4-8-20-11/h2-8,16H,9-10H2,1H3,(H,17,18). The van der Waals surface area contributed by atoms with Gasteiger partial charge in [-0.3, -0.25) is 4.79 Å². The molecule has 2 aromatic rings. The molecule has 0 aliphatic rings. The van der Waals surface area contributed by atoms with Crippen molar-refractivity contribution in [3.05, 3.63) is 54.0 Å². The highest BCUT2D eigenvalue weighted by Gasteiger charge is 2.13. The first kappa shape index (κ1) is 14.6. The quantitative estimate of drug-likeness (QED) is 0.792. The number of hydrogen-bond acceptors (Lipinski definition) is 5. The number of carbonyl (C=O) groups excluding carboxylic acids is 2. The summed E-state index contributed by atoms with van der Waals surface area (Å²) in [6.45, 7) is -0.0753. The Morgan fingerprint density at radius 3 is 2.71 bits per heavy atom. The van der Waals surface area contributed by atoms with Crippen molar-refractivity contribution < 1.29 is 18.7 Å². The minimum Gasteiger partial charge on any atom is -0.467 e. The van der Waals surface area contributed by atoms with Crippen LogP contribution in [0.25, 0.3) is 0 Å². The van der Waals surface area contributed by atoms with Crippen molar-refractivity contribution in [2.75, 3.05) is 19.0 Å². The largest absolute Gasteiger partial charge is 0.467 e. The molecular formula is C15H16N2O4. The van der Waals surface area contributed by atoms with Crippen molar-refractivity contribution in [3.8, 4) is 0 Å². The number of carbonyl (C=O) groups is 2. The second-order valence-electron chi connectivity index (χ2n) is 4.23. The van der Waals surface area contributed by atoms with E-state index in [0.717, 1.165) is 0 Å². The second-order valence-corrected chi connectivity index (χ2v) is 4.23. The van der Waals surface area contributed by atoms with Crippen LogP contribution < -0.4 is 10.6 Å². The van der Waals surface area contributed by atoms with Gasteiger partial charge >= 0.3 is 5.97 Å². The third-order valence-corrected chi connectivity index (χ3v) is 2.79. The van der Waals surface area contributed by atoms with Crippen molar-refractivity contribution in [1.82, 2.24) is 5.32 Å². The number of nitrogens with one attached hydrogen (secondary N) is 2. The molecule has 6 nitrogen and oxygen atoms in total. The molecule has 0 aliphatic carbocycles. The molecule has 1 aromatic carbocycles. The third-order valence-electron chi connectivity index (χ3n) is 2.79. The Bertz CT molecular complexity index is 608. The van der Waals surface area contributed by atoms with Crippen LogP contribution in [0.5, 0.6) is 0 Å². The smallest absolute Gasteiger partial charge is 0.340 e. The van der Waals surface area contributed by atoms with E-state index in [2.05, 4.69) is 10.6 Å². The molecule has 1 amide bonds. The first-order chi connectivity index (χ1) is 10.2. The lowest BCUT2D eigenvalue weighted by molar-refractivity contribution is -0.124. The van der Waals surface area contributed by atoms with Gasteiger partial charge in [-0.1, -0.05) is 12.1 Å². The van der Waals surface area contributed by atoms with Gasteiger partial charge in [-0.05, 0) is 24.3 Å². The normalized spacial score (nSPS) is 9.95. The fourth-order valence-corrected chi connectivity index (χ4v) is 1.74. The number of anilines is 1. The summed E-state index contributed by atoms with van der Waals surface area (Å²) in [6.07, 6.45) is 1.52. The average molecular weight is 288 g/mol. The van der Waals surface area contributed by atoms with E-state index < -0.39 is 5.97 Å². The number of para-hydroxylation sites is 1. The number of hydrogen-bond donors (Lipinski definition) is 2. The monoisotopic (exact) mass is 288 g/mol. The van der Waals surface area contributed by atoms with Gasteiger partial charge in [0.25, 0.3) is 5.91 Å². The van der Waals surface area contributed by atoms with E-state index in [4.69, 9.17) is 9.15 Å². The second kappa shape index (κ2) is 7.14. The molecule has 0 radical (unpaired) electrons. The van der Waals surface area contributed by atoms with E-state index in [0.29, 0.717) is 17.0 Å². The SMILES string of the molecule is CNc1ccccc1C(=O)OCC(=O)NCc1ccco1. The number of benzene rings is 1. The summed E-state index contributed by atoms with van der Waals surface area (Å²) in [5.74, 6) is -0.301. The predicted molar refractivity (Wildman–Crippen MR) is 76.8 cm³/mol. The fourth-order valence-electron chi connectivity index (χ4n) is 1.74. The summed E-state index contributed by atoms with van der Waals surface area (Å²) in [6, 6.07) is 10.4. The minimum absolute atomic E-state index is 0.260. The summed E-state index contributed by atoms with van der Waals surface area (Å²) in [4.78, 5) is 23.5. The lowest BCUT2D eigenvalue weighted by Gasteiger charge is -2.09. The van der Waals surface area contributed by atoms with E-state index in [1.54, 1.807) is 43.4 Å². The molecule has 21 heavy (non-hydrogen) atoms. The molecule has 0 fully saturated rings. The highest BCUT2D eigenvalue weighted by molar-refractivity contribution is 5.96. The Balaban J connectivity index is 1.82. The molecule has 1 aromatic heterocycles. The Labute approximate surface area is 122 Å². The van der Waals surface area contributed by atoms with Crippen molar-refractivity contribution >= 4 is 17.6 Å². The molecule has 0 saturated heterocycles. The zero-order valence-corrected chi connectivity index (χ0v) is 11.6. The molecule has 0 unspecified atom stereocenters.